The van der Waals surface area contributed by atoms with Crippen molar-refractivity contribution in [2.75, 3.05) is 0 Å². The maximum atomic E-state index is 12.1. The Balaban J connectivity index is 0.000000201. The number of carbonyl (C=O) groups excluding carboxylic acids is 3. The molecule has 5 nitrogen and oxygen atoms in total. The lowest BCUT2D eigenvalue weighted by Gasteiger charge is -2.21. The molecule has 0 bridgehead atoms. The molecule has 0 saturated heterocycles. The van der Waals surface area contributed by atoms with Crippen LogP contribution in [-0.2, 0) is 11.2 Å². The molecule has 0 radical (unpaired) electrons. The molecule has 1 aliphatic rings. The van der Waals surface area contributed by atoms with E-state index in [-0.39, 0.29) is 11.7 Å². The summed E-state index contributed by atoms with van der Waals surface area (Å²) in [4.78, 5) is 33.7. The number of hydrogen-bond acceptors (Lipinski definition) is 3. The Morgan fingerprint density at radius 2 is 1.44 bits per heavy atom. The maximum Gasteiger partial charge on any atom is 0.318 e. The van der Waals surface area contributed by atoms with E-state index >= 15 is 0 Å². The van der Waals surface area contributed by atoms with Gasteiger partial charge in [0, 0.05) is 11.1 Å². The predicted octanol–water partition coefficient (Wildman–Crippen LogP) is 3.96. The quantitative estimate of drug-likeness (QED) is 0.616. The Kier molecular flexibility index (Phi) is 6.91. The number of benzene rings is 2. The minimum atomic E-state index is -0.814. The molecule has 0 unspecified atom stereocenters. The van der Waals surface area contributed by atoms with Crippen LogP contribution in [0.3, 0.4) is 0 Å². The standard InChI is InChI=1S/C14H10O.C7H13BrN2O2/c15-14-12-7-3-1-5-10(12)9-11-6-2-4-8-13(11)14;1-3-7(8,4-2)5(11)10-6(9)12/h1-8H,9H2;3-4H2,1-2H3,(H3,9,10,11,12). The van der Waals surface area contributed by atoms with E-state index in [0.29, 0.717) is 12.8 Å². The second-order valence-electron chi connectivity index (χ2n) is 6.31. The molecule has 0 saturated carbocycles. The van der Waals surface area contributed by atoms with Gasteiger partial charge in [0.15, 0.2) is 5.78 Å². The van der Waals surface area contributed by atoms with Gasteiger partial charge in [-0.15, -0.1) is 0 Å². The summed E-state index contributed by atoms with van der Waals surface area (Å²) in [5.74, 6) is -0.215. The van der Waals surface area contributed by atoms with Crippen molar-refractivity contribution in [1.82, 2.24) is 5.32 Å². The van der Waals surface area contributed by atoms with Gasteiger partial charge in [-0.3, -0.25) is 14.9 Å². The lowest BCUT2D eigenvalue weighted by Crippen LogP contribution is -2.46. The molecule has 0 atom stereocenters. The highest BCUT2D eigenvalue weighted by Gasteiger charge is 2.32. The largest absolute Gasteiger partial charge is 0.351 e. The van der Waals surface area contributed by atoms with Crippen LogP contribution in [0.2, 0.25) is 0 Å². The highest BCUT2D eigenvalue weighted by Crippen LogP contribution is 2.27. The molecular weight excluding hydrogens is 408 g/mol. The third-order valence-corrected chi connectivity index (χ3v) is 6.15. The first-order valence-electron chi connectivity index (χ1n) is 8.82. The highest BCUT2D eigenvalue weighted by atomic mass is 79.9. The Morgan fingerprint density at radius 3 is 1.85 bits per heavy atom. The Hall–Kier alpha value is -2.47. The third kappa shape index (κ3) is 4.83. The number of nitrogens with one attached hydrogen (secondary N) is 1. The van der Waals surface area contributed by atoms with Crippen molar-refractivity contribution in [2.24, 2.45) is 5.73 Å². The van der Waals surface area contributed by atoms with E-state index in [2.05, 4.69) is 15.9 Å². The van der Waals surface area contributed by atoms with Crippen LogP contribution in [0.1, 0.15) is 53.7 Å². The summed E-state index contributed by atoms with van der Waals surface area (Å²) in [7, 11) is 0. The zero-order valence-corrected chi connectivity index (χ0v) is 17.0. The van der Waals surface area contributed by atoms with Crippen LogP contribution in [0.15, 0.2) is 48.5 Å². The number of halogens is 1. The average Bonchev–Trinajstić information content (AvgIpc) is 2.67. The summed E-state index contributed by atoms with van der Waals surface area (Å²) >= 11 is 3.26. The lowest BCUT2D eigenvalue weighted by molar-refractivity contribution is -0.122. The summed E-state index contributed by atoms with van der Waals surface area (Å²) in [5.41, 5.74) is 8.80. The number of rotatable bonds is 3. The van der Waals surface area contributed by atoms with Crippen molar-refractivity contribution >= 4 is 33.7 Å². The molecule has 3 rings (SSSR count). The van der Waals surface area contributed by atoms with E-state index < -0.39 is 10.4 Å². The molecule has 0 fully saturated rings. The Morgan fingerprint density at radius 1 is 1.00 bits per heavy atom. The molecule has 6 heteroatoms. The second kappa shape index (κ2) is 8.95. The van der Waals surface area contributed by atoms with Gasteiger partial charge >= 0.3 is 6.03 Å². The molecule has 142 valence electrons. The fraction of sp³-hybridized carbons (Fsp3) is 0.286. The number of hydrogen-bond donors (Lipinski definition) is 2. The fourth-order valence-corrected chi connectivity index (χ4v) is 3.04. The fourth-order valence-electron chi connectivity index (χ4n) is 2.94. The minimum Gasteiger partial charge on any atom is -0.351 e. The summed E-state index contributed by atoms with van der Waals surface area (Å²) in [5, 5.41) is 2.04. The van der Waals surface area contributed by atoms with Gasteiger partial charge in [-0.05, 0) is 30.4 Å². The highest BCUT2D eigenvalue weighted by molar-refractivity contribution is 9.10. The van der Waals surface area contributed by atoms with Crippen molar-refractivity contribution in [1.29, 1.82) is 0 Å². The summed E-state index contributed by atoms with van der Waals surface area (Å²) in [6.45, 7) is 3.72. The van der Waals surface area contributed by atoms with E-state index in [1.54, 1.807) is 0 Å². The third-order valence-electron chi connectivity index (χ3n) is 4.67. The van der Waals surface area contributed by atoms with Gasteiger partial charge in [-0.2, -0.15) is 0 Å². The molecule has 0 aromatic heterocycles. The summed E-state index contributed by atoms with van der Waals surface area (Å²) in [6.07, 6.45) is 2.10. The van der Waals surface area contributed by atoms with E-state index in [9.17, 15) is 14.4 Å². The first-order chi connectivity index (χ1) is 12.8. The summed E-state index contributed by atoms with van der Waals surface area (Å²) < 4.78 is -0.665. The molecule has 3 amide bonds. The van der Waals surface area contributed by atoms with E-state index in [0.717, 1.165) is 28.7 Å². The number of nitrogens with two attached hydrogens (primary N) is 1. The SMILES string of the molecule is CCC(Br)(CC)C(=O)NC(N)=O.O=C1c2ccccc2Cc2ccccc21. The van der Waals surface area contributed by atoms with Crippen molar-refractivity contribution < 1.29 is 14.4 Å². The predicted molar refractivity (Wildman–Crippen MR) is 109 cm³/mol. The number of carbonyl (C=O) groups is 3. The smallest absolute Gasteiger partial charge is 0.318 e. The van der Waals surface area contributed by atoms with Crippen molar-refractivity contribution in [2.45, 2.75) is 37.4 Å². The van der Waals surface area contributed by atoms with E-state index in [1.807, 2.05) is 67.7 Å². The van der Waals surface area contributed by atoms with E-state index in [4.69, 9.17) is 5.73 Å². The topological polar surface area (TPSA) is 89.3 Å². The van der Waals surface area contributed by atoms with Crippen LogP contribution in [0, 0.1) is 0 Å². The van der Waals surface area contributed by atoms with E-state index in [1.165, 1.54) is 0 Å². The molecule has 1 aliphatic carbocycles. The first-order valence-corrected chi connectivity index (χ1v) is 9.62. The van der Waals surface area contributed by atoms with Gasteiger partial charge < -0.3 is 5.73 Å². The summed E-state index contributed by atoms with van der Waals surface area (Å²) in [6, 6.07) is 14.9. The molecule has 27 heavy (non-hydrogen) atoms. The number of imide groups is 1. The minimum absolute atomic E-state index is 0.160. The zero-order chi connectivity index (χ0) is 20.0. The molecular formula is C21H23BrN2O3. The van der Waals surface area contributed by atoms with Gasteiger partial charge in [0.25, 0.3) is 0 Å². The van der Waals surface area contributed by atoms with Crippen molar-refractivity contribution in [3.05, 3.63) is 70.8 Å². The van der Waals surface area contributed by atoms with Crippen molar-refractivity contribution in [3.63, 3.8) is 0 Å². The number of amides is 3. The van der Waals surface area contributed by atoms with Crippen LogP contribution in [0.5, 0.6) is 0 Å². The molecule has 3 N–H and O–H groups in total. The number of alkyl halides is 1. The average molecular weight is 431 g/mol. The van der Waals surface area contributed by atoms with Crippen LogP contribution in [0.25, 0.3) is 0 Å². The van der Waals surface area contributed by atoms with Crippen molar-refractivity contribution in [3.8, 4) is 0 Å². The maximum absolute atomic E-state index is 12.1. The first kappa shape index (κ1) is 20.8. The molecule has 0 aliphatic heterocycles. The van der Waals surface area contributed by atoms with Gasteiger partial charge in [-0.1, -0.05) is 78.3 Å². The van der Waals surface area contributed by atoms with Crippen LogP contribution >= 0.6 is 15.9 Å². The number of fused-ring (bicyclic) bond motifs is 2. The molecule has 0 heterocycles. The monoisotopic (exact) mass is 430 g/mol. The van der Waals surface area contributed by atoms with Gasteiger partial charge in [-0.25, -0.2) is 4.79 Å². The Bertz CT molecular complexity index is 813. The lowest BCUT2D eigenvalue weighted by atomic mass is 9.85. The van der Waals surface area contributed by atoms with Gasteiger partial charge in [0.05, 0.1) is 0 Å². The molecule has 2 aromatic carbocycles. The molecule has 0 spiro atoms. The molecule has 2 aromatic rings. The Labute approximate surface area is 167 Å². The second-order valence-corrected chi connectivity index (χ2v) is 7.83. The zero-order valence-electron chi connectivity index (χ0n) is 15.4. The normalized spacial score (nSPS) is 12.2. The van der Waals surface area contributed by atoms with Crippen LogP contribution in [0.4, 0.5) is 4.79 Å². The van der Waals surface area contributed by atoms with Gasteiger partial charge in [0.2, 0.25) is 5.91 Å². The van der Waals surface area contributed by atoms with Crippen LogP contribution < -0.4 is 11.1 Å². The number of ketones is 1. The van der Waals surface area contributed by atoms with Gasteiger partial charge in [0.1, 0.15) is 4.32 Å². The number of urea groups is 1. The van der Waals surface area contributed by atoms with Crippen LogP contribution in [-0.4, -0.2) is 22.0 Å². The number of primary amides is 1.